The second-order valence-electron chi connectivity index (χ2n) is 7.55. The van der Waals surface area contributed by atoms with Gasteiger partial charge in [-0.1, -0.05) is 36.4 Å². The molecule has 2 aromatic rings. The summed E-state index contributed by atoms with van der Waals surface area (Å²) in [7, 11) is -3.45. The van der Waals surface area contributed by atoms with Crippen molar-refractivity contribution in [2.24, 2.45) is 5.92 Å². The summed E-state index contributed by atoms with van der Waals surface area (Å²) < 4.78 is 30.1. The molecule has 1 saturated heterocycles. The molecule has 1 amide bonds. The van der Waals surface area contributed by atoms with E-state index < -0.39 is 16.0 Å². The molecule has 0 spiro atoms. The lowest BCUT2D eigenvalue weighted by Gasteiger charge is -2.32. The minimum Gasteiger partial charge on any atom is -0.452 e. The molecule has 0 aliphatic carbocycles. The molecule has 8 heteroatoms. The first-order valence-electron chi connectivity index (χ1n) is 9.87. The van der Waals surface area contributed by atoms with Crippen LogP contribution in [0.1, 0.15) is 28.8 Å². The van der Waals surface area contributed by atoms with Gasteiger partial charge in [-0.05, 0) is 48.9 Å². The van der Waals surface area contributed by atoms with E-state index in [0.717, 1.165) is 25.5 Å². The van der Waals surface area contributed by atoms with Crippen LogP contribution in [0.5, 0.6) is 0 Å². The number of nitrogens with one attached hydrogen (secondary N) is 1. The van der Waals surface area contributed by atoms with E-state index in [9.17, 15) is 18.0 Å². The third-order valence-corrected chi connectivity index (χ3v) is 5.67. The first kappa shape index (κ1) is 21.8. The zero-order valence-electron chi connectivity index (χ0n) is 16.9. The Hall–Kier alpha value is -2.87. The Morgan fingerprint density at radius 3 is 2.43 bits per heavy atom. The summed E-state index contributed by atoms with van der Waals surface area (Å²) in [5, 5.41) is 0. The maximum atomic E-state index is 12.4. The van der Waals surface area contributed by atoms with Gasteiger partial charge < -0.3 is 9.64 Å². The molecule has 0 bridgehead atoms. The number of amides is 1. The van der Waals surface area contributed by atoms with E-state index in [-0.39, 0.29) is 23.8 Å². The molecule has 0 aromatic heterocycles. The van der Waals surface area contributed by atoms with Crippen molar-refractivity contribution in [3.63, 3.8) is 0 Å². The summed E-state index contributed by atoms with van der Waals surface area (Å²) in [5.74, 6) is -0.338. The Morgan fingerprint density at radius 1 is 1.07 bits per heavy atom. The van der Waals surface area contributed by atoms with Gasteiger partial charge in [0.1, 0.15) is 0 Å². The Kier molecular flexibility index (Phi) is 7.10. The lowest BCUT2D eigenvalue weighted by molar-refractivity contribution is -0.135. The molecule has 0 saturated carbocycles. The number of piperidine rings is 1. The molecule has 160 valence electrons. The summed E-state index contributed by atoms with van der Waals surface area (Å²) in [6.07, 6.45) is 3.89. The van der Waals surface area contributed by atoms with Gasteiger partial charge >= 0.3 is 5.97 Å². The number of rotatable bonds is 7. The summed E-state index contributed by atoms with van der Waals surface area (Å²) in [6.45, 7) is 0.981. The Morgan fingerprint density at radius 2 is 1.77 bits per heavy atom. The van der Waals surface area contributed by atoms with Gasteiger partial charge in [-0.25, -0.2) is 13.2 Å². The third-order valence-electron chi connectivity index (χ3n) is 5.06. The minimum absolute atomic E-state index is 0.179. The number of sulfonamides is 1. The number of ether oxygens (including phenoxy) is 1. The Labute approximate surface area is 177 Å². The lowest BCUT2D eigenvalue weighted by Crippen LogP contribution is -2.41. The molecule has 1 fully saturated rings. The number of hydrogen-bond donors (Lipinski definition) is 1. The number of carbonyl (C=O) groups is 2. The van der Waals surface area contributed by atoms with Crippen LogP contribution >= 0.6 is 0 Å². The van der Waals surface area contributed by atoms with Gasteiger partial charge in [-0.15, -0.1) is 0 Å². The molecule has 7 nitrogen and oxygen atoms in total. The van der Waals surface area contributed by atoms with Crippen molar-refractivity contribution >= 4 is 27.6 Å². The maximum Gasteiger partial charge on any atom is 0.338 e. The number of esters is 1. The highest BCUT2D eigenvalue weighted by Crippen LogP contribution is 2.22. The quantitative estimate of drug-likeness (QED) is 0.682. The van der Waals surface area contributed by atoms with Crippen LogP contribution in [0.2, 0.25) is 0 Å². The first-order valence-corrected chi connectivity index (χ1v) is 11.8. The van der Waals surface area contributed by atoms with Crippen molar-refractivity contribution in [3.8, 4) is 0 Å². The van der Waals surface area contributed by atoms with Gasteiger partial charge in [0.2, 0.25) is 10.0 Å². The molecular weight excluding hydrogens is 404 g/mol. The van der Waals surface area contributed by atoms with Gasteiger partial charge in [0, 0.05) is 18.8 Å². The fourth-order valence-corrected chi connectivity index (χ4v) is 4.11. The van der Waals surface area contributed by atoms with Crippen molar-refractivity contribution in [2.45, 2.75) is 19.3 Å². The largest absolute Gasteiger partial charge is 0.452 e. The predicted octanol–water partition coefficient (Wildman–Crippen LogP) is 2.70. The van der Waals surface area contributed by atoms with Gasteiger partial charge in [-0.2, -0.15) is 0 Å². The summed E-state index contributed by atoms with van der Waals surface area (Å²) in [5.41, 5.74) is 1.75. The highest BCUT2D eigenvalue weighted by Gasteiger charge is 2.24. The van der Waals surface area contributed by atoms with E-state index in [4.69, 9.17) is 4.74 Å². The van der Waals surface area contributed by atoms with E-state index in [2.05, 4.69) is 16.9 Å². The van der Waals surface area contributed by atoms with E-state index in [1.807, 2.05) is 18.2 Å². The lowest BCUT2D eigenvalue weighted by atomic mass is 9.90. The number of benzene rings is 2. The van der Waals surface area contributed by atoms with Gasteiger partial charge in [0.15, 0.2) is 6.61 Å². The van der Waals surface area contributed by atoms with Crippen LogP contribution in [0.15, 0.2) is 54.6 Å². The van der Waals surface area contributed by atoms with Gasteiger partial charge in [0.05, 0.1) is 11.8 Å². The molecule has 3 rings (SSSR count). The zero-order chi connectivity index (χ0) is 21.6. The van der Waals surface area contributed by atoms with Crippen molar-refractivity contribution in [1.82, 2.24) is 4.90 Å². The molecule has 0 atom stereocenters. The molecule has 0 radical (unpaired) electrons. The summed E-state index contributed by atoms with van der Waals surface area (Å²) >= 11 is 0. The number of hydrogen-bond acceptors (Lipinski definition) is 5. The van der Waals surface area contributed by atoms with Gasteiger partial charge in [-0.3, -0.25) is 9.52 Å². The molecule has 0 unspecified atom stereocenters. The Balaban J connectivity index is 1.46. The molecule has 1 N–H and O–H groups in total. The van der Waals surface area contributed by atoms with E-state index in [0.29, 0.717) is 19.0 Å². The highest BCUT2D eigenvalue weighted by molar-refractivity contribution is 7.92. The van der Waals surface area contributed by atoms with Crippen LogP contribution in [0.25, 0.3) is 0 Å². The average Bonchev–Trinajstić information content (AvgIpc) is 2.72. The van der Waals surface area contributed by atoms with E-state index in [1.165, 1.54) is 23.8 Å². The van der Waals surface area contributed by atoms with Crippen LogP contribution in [0.3, 0.4) is 0 Å². The van der Waals surface area contributed by atoms with E-state index >= 15 is 0 Å². The van der Waals surface area contributed by atoms with Crippen LogP contribution in [-0.2, 0) is 26.0 Å². The number of carbonyl (C=O) groups excluding carboxylic acids is 2. The van der Waals surface area contributed by atoms with Crippen LogP contribution in [0, 0.1) is 5.92 Å². The number of anilines is 1. The van der Waals surface area contributed by atoms with Crippen molar-refractivity contribution in [1.29, 1.82) is 0 Å². The van der Waals surface area contributed by atoms with E-state index in [1.54, 1.807) is 11.0 Å². The molecule has 1 heterocycles. The second-order valence-corrected chi connectivity index (χ2v) is 9.29. The monoisotopic (exact) mass is 430 g/mol. The van der Waals surface area contributed by atoms with Crippen molar-refractivity contribution < 1.29 is 22.7 Å². The SMILES string of the molecule is CS(=O)(=O)Nc1cccc(C(=O)OCC(=O)N2CCC(Cc3ccccc3)CC2)c1. The summed E-state index contributed by atoms with van der Waals surface area (Å²) in [4.78, 5) is 26.4. The third kappa shape index (κ3) is 6.59. The molecular formula is C22H26N2O5S. The highest BCUT2D eigenvalue weighted by atomic mass is 32.2. The number of likely N-dealkylation sites (tertiary alicyclic amines) is 1. The molecule has 1 aliphatic heterocycles. The molecule has 30 heavy (non-hydrogen) atoms. The minimum atomic E-state index is -3.45. The zero-order valence-corrected chi connectivity index (χ0v) is 17.7. The van der Waals surface area contributed by atoms with Crippen molar-refractivity contribution in [2.75, 3.05) is 30.7 Å². The van der Waals surface area contributed by atoms with Gasteiger partial charge in [0.25, 0.3) is 5.91 Å². The smallest absolute Gasteiger partial charge is 0.338 e. The van der Waals surface area contributed by atoms with Crippen molar-refractivity contribution in [3.05, 3.63) is 65.7 Å². The Bertz CT molecular complexity index is 984. The topological polar surface area (TPSA) is 92.8 Å². The van der Waals surface area contributed by atoms with Crippen LogP contribution < -0.4 is 4.72 Å². The predicted molar refractivity (Wildman–Crippen MR) is 115 cm³/mol. The average molecular weight is 431 g/mol. The van der Waals surface area contributed by atoms with Crippen LogP contribution in [0.4, 0.5) is 5.69 Å². The fourth-order valence-electron chi connectivity index (χ4n) is 3.56. The standard InChI is InChI=1S/C22H26N2O5S/c1-30(27,28)23-20-9-5-8-19(15-20)22(26)29-16-21(25)24-12-10-18(11-13-24)14-17-6-3-2-4-7-17/h2-9,15,18,23H,10-14,16H2,1H3. The fraction of sp³-hybridized carbons (Fsp3) is 0.364. The van der Waals surface area contributed by atoms with Crippen LogP contribution in [-0.4, -0.2) is 51.1 Å². The first-order chi connectivity index (χ1) is 14.3. The second kappa shape index (κ2) is 9.75. The normalized spacial score (nSPS) is 14.9. The molecule has 2 aromatic carbocycles. The maximum absolute atomic E-state index is 12.4. The molecule has 1 aliphatic rings. The number of nitrogens with zero attached hydrogens (tertiary/aromatic N) is 1. The summed E-state index contributed by atoms with van der Waals surface area (Å²) in [6, 6.07) is 16.3.